The number of carbonyl (C=O) groups is 2. The second-order valence-corrected chi connectivity index (χ2v) is 6.20. The highest BCUT2D eigenvalue weighted by Gasteiger charge is 2.17. The SMILES string of the molecule is Cc1ccc2c(c1)cc(C(=O)Nc1nc3c(C(=O)O)cccc3[nH]1)n2C. The van der Waals surface area contributed by atoms with Crippen LogP contribution < -0.4 is 5.32 Å². The Morgan fingerprint density at radius 2 is 2.00 bits per heavy atom. The van der Waals surface area contributed by atoms with Crippen molar-refractivity contribution < 1.29 is 14.7 Å². The van der Waals surface area contributed by atoms with E-state index in [1.165, 1.54) is 6.07 Å². The predicted molar refractivity (Wildman–Crippen MR) is 98.7 cm³/mol. The molecule has 0 aliphatic rings. The molecule has 1 amide bonds. The van der Waals surface area contributed by atoms with Gasteiger partial charge < -0.3 is 14.7 Å². The van der Waals surface area contributed by atoms with Crippen molar-refractivity contribution in [1.29, 1.82) is 0 Å². The van der Waals surface area contributed by atoms with E-state index in [2.05, 4.69) is 15.3 Å². The highest BCUT2D eigenvalue weighted by atomic mass is 16.4. The zero-order valence-electron chi connectivity index (χ0n) is 14.2. The Labute approximate surface area is 148 Å². The van der Waals surface area contributed by atoms with Crippen LogP contribution in [0, 0.1) is 6.92 Å². The van der Waals surface area contributed by atoms with Gasteiger partial charge in [-0.2, -0.15) is 0 Å². The zero-order valence-corrected chi connectivity index (χ0v) is 14.2. The van der Waals surface area contributed by atoms with Crippen molar-refractivity contribution in [2.24, 2.45) is 7.05 Å². The number of hydrogen-bond donors (Lipinski definition) is 3. The number of aryl methyl sites for hydroxylation is 2. The minimum absolute atomic E-state index is 0.0827. The number of imidazole rings is 1. The topological polar surface area (TPSA) is 100 Å². The number of benzene rings is 2. The van der Waals surface area contributed by atoms with Gasteiger partial charge in [-0.3, -0.25) is 10.1 Å². The minimum atomic E-state index is -1.07. The van der Waals surface area contributed by atoms with Crippen LogP contribution in [0.4, 0.5) is 5.95 Å². The van der Waals surface area contributed by atoms with Gasteiger partial charge in [-0.15, -0.1) is 0 Å². The summed E-state index contributed by atoms with van der Waals surface area (Å²) in [4.78, 5) is 31.1. The van der Waals surface area contributed by atoms with Crippen LogP contribution in [0.25, 0.3) is 21.9 Å². The molecule has 0 atom stereocenters. The Morgan fingerprint density at radius 1 is 1.19 bits per heavy atom. The number of nitrogens with zero attached hydrogens (tertiary/aromatic N) is 2. The lowest BCUT2D eigenvalue weighted by molar-refractivity contribution is 0.0698. The second-order valence-electron chi connectivity index (χ2n) is 6.20. The van der Waals surface area contributed by atoms with E-state index in [1.807, 2.05) is 42.8 Å². The third-order valence-electron chi connectivity index (χ3n) is 4.41. The third-order valence-corrected chi connectivity index (χ3v) is 4.41. The molecule has 2 aromatic carbocycles. The largest absolute Gasteiger partial charge is 0.478 e. The van der Waals surface area contributed by atoms with E-state index >= 15 is 0 Å². The van der Waals surface area contributed by atoms with Crippen LogP contribution in [-0.4, -0.2) is 31.5 Å². The number of aromatic nitrogens is 3. The first-order valence-electron chi connectivity index (χ1n) is 8.03. The maximum absolute atomic E-state index is 12.7. The van der Waals surface area contributed by atoms with E-state index in [0.29, 0.717) is 16.7 Å². The second kappa shape index (κ2) is 5.73. The van der Waals surface area contributed by atoms with E-state index < -0.39 is 5.97 Å². The molecule has 0 aliphatic heterocycles. The van der Waals surface area contributed by atoms with Crippen LogP contribution in [0.15, 0.2) is 42.5 Å². The molecule has 2 heterocycles. The summed E-state index contributed by atoms with van der Waals surface area (Å²) in [5.74, 6) is -1.18. The molecule has 0 fully saturated rings. The molecule has 0 aliphatic carbocycles. The van der Waals surface area contributed by atoms with Gasteiger partial charge in [-0.1, -0.05) is 17.7 Å². The van der Waals surface area contributed by atoms with Gasteiger partial charge in [0.2, 0.25) is 5.95 Å². The summed E-state index contributed by atoms with van der Waals surface area (Å²) in [5, 5.41) is 12.9. The van der Waals surface area contributed by atoms with Crippen molar-refractivity contribution >= 4 is 39.8 Å². The van der Waals surface area contributed by atoms with E-state index in [-0.39, 0.29) is 17.4 Å². The molecule has 0 bridgehead atoms. The molecule has 4 aromatic rings. The summed E-state index contributed by atoms with van der Waals surface area (Å²) in [5.41, 5.74) is 3.51. The summed E-state index contributed by atoms with van der Waals surface area (Å²) in [6, 6.07) is 12.6. The summed E-state index contributed by atoms with van der Waals surface area (Å²) in [7, 11) is 1.83. The molecule has 3 N–H and O–H groups in total. The number of carboxylic acids is 1. The number of aromatic carboxylic acids is 1. The first-order chi connectivity index (χ1) is 12.4. The molecule has 0 radical (unpaired) electrons. The Morgan fingerprint density at radius 3 is 2.77 bits per heavy atom. The van der Waals surface area contributed by atoms with Crippen molar-refractivity contribution in [3.05, 3.63) is 59.3 Å². The molecule has 130 valence electrons. The molecule has 0 saturated heterocycles. The highest BCUT2D eigenvalue weighted by Crippen LogP contribution is 2.22. The van der Waals surface area contributed by atoms with Gasteiger partial charge >= 0.3 is 5.97 Å². The minimum Gasteiger partial charge on any atom is -0.478 e. The average Bonchev–Trinajstić information content (AvgIpc) is 3.14. The number of anilines is 1. The number of nitrogens with one attached hydrogen (secondary N) is 2. The number of carbonyl (C=O) groups excluding carboxylic acids is 1. The summed E-state index contributed by atoms with van der Waals surface area (Å²) >= 11 is 0. The molecule has 26 heavy (non-hydrogen) atoms. The maximum atomic E-state index is 12.7. The number of aromatic amines is 1. The summed E-state index contributed by atoms with van der Waals surface area (Å²) in [6.07, 6.45) is 0. The maximum Gasteiger partial charge on any atom is 0.337 e. The standard InChI is InChI=1S/C19H16N4O3/c1-10-6-7-14-11(8-10)9-15(23(14)2)17(24)22-19-20-13-5-3-4-12(18(25)26)16(13)21-19/h3-9H,1-2H3,(H,25,26)(H2,20,21,22,24). The van der Waals surface area contributed by atoms with Crippen LogP contribution in [0.2, 0.25) is 0 Å². The van der Waals surface area contributed by atoms with Gasteiger partial charge in [-0.05, 0) is 37.3 Å². The van der Waals surface area contributed by atoms with Crippen LogP contribution in [0.1, 0.15) is 26.4 Å². The molecule has 0 spiro atoms. The van der Waals surface area contributed by atoms with Crippen LogP contribution in [-0.2, 0) is 7.05 Å². The van der Waals surface area contributed by atoms with Crippen molar-refractivity contribution in [2.45, 2.75) is 6.92 Å². The molecule has 7 heteroatoms. The number of para-hydroxylation sites is 1. The first-order valence-corrected chi connectivity index (χ1v) is 8.03. The quantitative estimate of drug-likeness (QED) is 0.529. The number of H-pyrrole nitrogens is 1. The molecule has 2 aromatic heterocycles. The molecule has 0 saturated carbocycles. The Bertz CT molecular complexity index is 1190. The molecular weight excluding hydrogens is 332 g/mol. The molecule has 0 unspecified atom stereocenters. The Balaban J connectivity index is 1.70. The number of fused-ring (bicyclic) bond motifs is 2. The molecule has 4 rings (SSSR count). The van der Waals surface area contributed by atoms with Gasteiger partial charge in [0.15, 0.2) is 0 Å². The molecular formula is C19H16N4O3. The van der Waals surface area contributed by atoms with Crippen molar-refractivity contribution in [3.63, 3.8) is 0 Å². The number of amides is 1. The van der Waals surface area contributed by atoms with Gasteiger partial charge in [0.1, 0.15) is 11.2 Å². The van der Waals surface area contributed by atoms with Crippen molar-refractivity contribution in [1.82, 2.24) is 14.5 Å². The smallest absolute Gasteiger partial charge is 0.337 e. The first kappa shape index (κ1) is 15.9. The Hall–Kier alpha value is -3.61. The van der Waals surface area contributed by atoms with E-state index in [9.17, 15) is 14.7 Å². The summed E-state index contributed by atoms with van der Waals surface area (Å²) in [6.45, 7) is 2.00. The summed E-state index contributed by atoms with van der Waals surface area (Å²) < 4.78 is 1.81. The van der Waals surface area contributed by atoms with Crippen molar-refractivity contribution in [2.75, 3.05) is 5.32 Å². The van der Waals surface area contributed by atoms with Gasteiger partial charge in [0.25, 0.3) is 5.91 Å². The fourth-order valence-corrected chi connectivity index (χ4v) is 3.12. The van der Waals surface area contributed by atoms with Crippen LogP contribution in [0.5, 0.6) is 0 Å². The predicted octanol–water partition coefficient (Wildman–Crippen LogP) is 3.31. The molecule has 7 nitrogen and oxygen atoms in total. The number of carboxylic acid groups (broad SMARTS) is 1. The van der Waals surface area contributed by atoms with Crippen LogP contribution in [0.3, 0.4) is 0 Å². The lowest BCUT2D eigenvalue weighted by atomic mass is 10.2. The normalized spacial score (nSPS) is 11.2. The third kappa shape index (κ3) is 2.50. The lowest BCUT2D eigenvalue weighted by Gasteiger charge is -2.04. The Kier molecular flexibility index (Phi) is 3.50. The van der Waals surface area contributed by atoms with E-state index in [0.717, 1.165) is 16.5 Å². The average molecular weight is 348 g/mol. The number of hydrogen-bond acceptors (Lipinski definition) is 3. The van der Waals surface area contributed by atoms with Gasteiger partial charge in [-0.25, -0.2) is 9.78 Å². The van der Waals surface area contributed by atoms with Crippen molar-refractivity contribution in [3.8, 4) is 0 Å². The lowest BCUT2D eigenvalue weighted by Crippen LogP contribution is -2.16. The van der Waals surface area contributed by atoms with Gasteiger partial charge in [0, 0.05) is 18.0 Å². The fraction of sp³-hybridized carbons (Fsp3) is 0.105. The van der Waals surface area contributed by atoms with E-state index in [1.54, 1.807) is 12.1 Å². The fourth-order valence-electron chi connectivity index (χ4n) is 3.12. The number of rotatable bonds is 3. The van der Waals surface area contributed by atoms with E-state index in [4.69, 9.17) is 0 Å². The van der Waals surface area contributed by atoms with Crippen LogP contribution >= 0.6 is 0 Å². The highest BCUT2D eigenvalue weighted by molar-refractivity contribution is 6.07. The zero-order chi connectivity index (χ0) is 18.4. The monoisotopic (exact) mass is 348 g/mol. The van der Waals surface area contributed by atoms with Gasteiger partial charge in [0.05, 0.1) is 11.1 Å².